The van der Waals surface area contributed by atoms with Crippen LogP contribution in [0.15, 0.2) is 52.2 Å². The molecular formula is C20H26N4O2. The number of aromatic amines is 1. The Labute approximate surface area is 153 Å². The number of benzene rings is 1. The molecule has 1 atom stereocenters. The van der Waals surface area contributed by atoms with E-state index in [2.05, 4.69) is 51.9 Å². The molecule has 1 unspecified atom stereocenters. The van der Waals surface area contributed by atoms with Gasteiger partial charge in [0.25, 0.3) is 0 Å². The van der Waals surface area contributed by atoms with E-state index in [0.717, 1.165) is 19.5 Å². The predicted molar refractivity (Wildman–Crippen MR) is 104 cm³/mol. The fourth-order valence-corrected chi connectivity index (χ4v) is 2.98. The average Bonchev–Trinajstić information content (AvgIpc) is 3.30. The molecule has 0 aliphatic rings. The number of nitrogens with one attached hydrogen (secondary N) is 3. The zero-order chi connectivity index (χ0) is 18.4. The molecule has 3 aromatic rings. The number of nitrogens with zero attached hydrogens (tertiary/aromatic N) is 1. The number of aliphatic hydroxyl groups is 1. The molecule has 0 bridgehead atoms. The molecule has 6 heteroatoms. The number of aromatic nitrogens is 1. The minimum Gasteiger partial charge on any atom is -0.467 e. The third-order valence-electron chi connectivity index (χ3n) is 4.33. The fraction of sp³-hybridized carbons (Fsp3) is 0.350. The summed E-state index contributed by atoms with van der Waals surface area (Å²) in [7, 11) is 0. The Morgan fingerprint density at radius 1 is 1.27 bits per heavy atom. The molecule has 26 heavy (non-hydrogen) atoms. The van der Waals surface area contributed by atoms with Gasteiger partial charge in [-0.2, -0.15) is 0 Å². The van der Waals surface area contributed by atoms with Crippen LogP contribution < -0.4 is 10.6 Å². The summed E-state index contributed by atoms with van der Waals surface area (Å²) in [5.74, 6) is 1.22. The van der Waals surface area contributed by atoms with Crippen molar-refractivity contribution >= 4 is 16.9 Å². The van der Waals surface area contributed by atoms with Crippen molar-refractivity contribution in [3.05, 3.63) is 59.7 Å². The molecule has 0 saturated heterocycles. The molecule has 4 N–H and O–H groups in total. The third kappa shape index (κ3) is 4.26. The van der Waals surface area contributed by atoms with Gasteiger partial charge in [0.2, 0.25) is 0 Å². The van der Waals surface area contributed by atoms with Gasteiger partial charge >= 0.3 is 0 Å². The Hall–Kier alpha value is -2.73. The van der Waals surface area contributed by atoms with Gasteiger partial charge in [-0.15, -0.1) is 0 Å². The fourth-order valence-electron chi connectivity index (χ4n) is 2.98. The predicted octanol–water partition coefficient (Wildman–Crippen LogP) is 2.90. The van der Waals surface area contributed by atoms with Gasteiger partial charge in [0.1, 0.15) is 11.9 Å². The first-order chi connectivity index (χ1) is 12.7. The Morgan fingerprint density at radius 3 is 2.92 bits per heavy atom. The highest BCUT2D eigenvalue weighted by Gasteiger charge is 2.10. The average molecular weight is 354 g/mol. The summed E-state index contributed by atoms with van der Waals surface area (Å²) >= 11 is 0. The summed E-state index contributed by atoms with van der Waals surface area (Å²) in [6.45, 7) is 5.89. The van der Waals surface area contributed by atoms with Crippen molar-refractivity contribution in [1.29, 1.82) is 0 Å². The summed E-state index contributed by atoms with van der Waals surface area (Å²) in [5.41, 5.74) is 3.73. The maximum atomic E-state index is 10.1. The van der Waals surface area contributed by atoms with Crippen LogP contribution in [0.25, 0.3) is 10.9 Å². The second kappa shape index (κ2) is 8.58. The molecule has 0 amide bonds. The molecule has 0 saturated carbocycles. The van der Waals surface area contributed by atoms with E-state index >= 15 is 0 Å². The number of fused-ring (bicyclic) bond motifs is 1. The lowest BCUT2D eigenvalue weighted by Gasteiger charge is -2.12. The second-order valence-corrected chi connectivity index (χ2v) is 6.24. The van der Waals surface area contributed by atoms with Crippen molar-refractivity contribution in [3.63, 3.8) is 0 Å². The Bertz CT molecular complexity index is 852. The van der Waals surface area contributed by atoms with Crippen LogP contribution in [-0.4, -0.2) is 35.7 Å². The minimum absolute atomic E-state index is 0.245. The molecule has 2 heterocycles. The van der Waals surface area contributed by atoms with Gasteiger partial charge in [-0.25, -0.2) is 0 Å². The van der Waals surface area contributed by atoms with Crippen molar-refractivity contribution in [1.82, 2.24) is 15.6 Å². The number of guanidine groups is 1. The standard InChI is InChI=1S/C20H26N4O2/c1-3-21-20(24-13-17(25)18-8-5-11-26-18)22-10-9-15-12-23-19-14(2)6-4-7-16(15)19/h4-8,11-12,17,23,25H,3,9-10,13H2,1-2H3,(H2,21,22,24). The van der Waals surface area contributed by atoms with Gasteiger partial charge in [0.05, 0.1) is 12.8 Å². The molecule has 0 spiro atoms. The number of aliphatic imine (C=N–C) groups is 1. The van der Waals surface area contributed by atoms with E-state index in [9.17, 15) is 5.11 Å². The summed E-state index contributed by atoms with van der Waals surface area (Å²) in [5, 5.41) is 17.9. The molecule has 0 fully saturated rings. The van der Waals surface area contributed by atoms with Crippen LogP contribution in [0, 0.1) is 6.92 Å². The maximum Gasteiger partial charge on any atom is 0.191 e. The van der Waals surface area contributed by atoms with Crippen molar-refractivity contribution in [2.24, 2.45) is 4.99 Å². The van der Waals surface area contributed by atoms with Crippen LogP contribution in [0.3, 0.4) is 0 Å². The first-order valence-electron chi connectivity index (χ1n) is 8.98. The van der Waals surface area contributed by atoms with Gasteiger partial charge in [-0.1, -0.05) is 18.2 Å². The van der Waals surface area contributed by atoms with Crippen LogP contribution in [0.4, 0.5) is 0 Å². The highest BCUT2D eigenvalue weighted by molar-refractivity contribution is 5.86. The summed E-state index contributed by atoms with van der Waals surface area (Å²) in [6, 6.07) is 9.85. The highest BCUT2D eigenvalue weighted by Crippen LogP contribution is 2.21. The molecule has 0 radical (unpaired) electrons. The van der Waals surface area contributed by atoms with Crippen LogP contribution in [-0.2, 0) is 6.42 Å². The lowest BCUT2D eigenvalue weighted by atomic mass is 10.1. The summed E-state index contributed by atoms with van der Waals surface area (Å²) in [4.78, 5) is 7.80. The van der Waals surface area contributed by atoms with E-state index in [1.54, 1.807) is 18.4 Å². The first-order valence-corrected chi connectivity index (χ1v) is 8.98. The topological polar surface area (TPSA) is 85.6 Å². The van der Waals surface area contributed by atoms with Gasteiger partial charge in [-0.3, -0.25) is 4.99 Å². The van der Waals surface area contributed by atoms with Crippen molar-refractivity contribution < 1.29 is 9.52 Å². The number of aryl methyl sites for hydroxylation is 1. The SMILES string of the molecule is CCNC(=NCC(O)c1ccco1)NCCc1c[nH]c2c(C)cccc12. The molecule has 6 nitrogen and oxygen atoms in total. The number of para-hydroxylation sites is 1. The van der Waals surface area contributed by atoms with Crippen molar-refractivity contribution in [2.45, 2.75) is 26.4 Å². The number of aliphatic hydroxyl groups excluding tert-OH is 1. The summed E-state index contributed by atoms with van der Waals surface area (Å²) in [6.07, 6.45) is 3.77. The zero-order valence-corrected chi connectivity index (χ0v) is 15.2. The number of hydrogen-bond acceptors (Lipinski definition) is 3. The number of rotatable bonds is 7. The van der Waals surface area contributed by atoms with Gasteiger partial charge in [0.15, 0.2) is 5.96 Å². The van der Waals surface area contributed by atoms with E-state index in [1.807, 2.05) is 6.92 Å². The third-order valence-corrected chi connectivity index (χ3v) is 4.33. The van der Waals surface area contributed by atoms with E-state index in [-0.39, 0.29) is 6.54 Å². The Kier molecular flexibility index (Phi) is 5.96. The number of furan rings is 1. The van der Waals surface area contributed by atoms with Crippen LogP contribution in [0.5, 0.6) is 0 Å². The van der Waals surface area contributed by atoms with Gasteiger partial charge in [-0.05, 0) is 43.5 Å². The van der Waals surface area contributed by atoms with Crippen molar-refractivity contribution in [2.75, 3.05) is 19.6 Å². The maximum absolute atomic E-state index is 10.1. The lowest BCUT2D eigenvalue weighted by molar-refractivity contribution is 0.158. The Balaban J connectivity index is 1.58. The molecule has 3 rings (SSSR count). The van der Waals surface area contributed by atoms with Crippen LogP contribution in [0.1, 0.15) is 29.9 Å². The minimum atomic E-state index is -0.739. The number of H-pyrrole nitrogens is 1. The summed E-state index contributed by atoms with van der Waals surface area (Å²) < 4.78 is 5.20. The van der Waals surface area contributed by atoms with Crippen LogP contribution >= 0.6 is 0 Å². The van der Waals surface area contributed by atoms with Crippen LogP contribution in [0.2, 0.25) is 0 Å². The Morgan fingerprint density at radius 2 is 2.15 bits per heavy atom. The van der Waals surface area contributed by atoms with E-state index in [1.165, 1.54) is 22.0 Å². The zero-order valence-electron chi connectivity index (χ0n) is 15.2. The molecule has 1 aromatic carbocycles. The normalized spacial score (nSPS) is 13.1. The lowest BCUT2D eigenvalue weighted by Crippen LogP contribution is -2.38. The smallest absolute Gasteiger partial charge is 0.191 e. The van der Waals surface area contributed by atoms with E-state index in [4.69, 9.17) is 4.42 Å². The van der Waals surface area contributed by atoms with E-state index < -0.39 is 6.10 Å². The molecular weight excluding hydrogens is 328 g/mol. The van der Waals surface area contributed by atoms with Crippen molar-refractivity contribution in [3.8, 4) is 0 Å². The monoisotopic (exact) mass is 354 g/mol. The second-order valence-electron chi connectivity index (χ2n) is 6.24. The van der Waals surface area contributed by atoms with Gasteiger partial charge in [0, 0.05) is 30.2 Å². The van der Waals surface area contributed by atoms with Gasteiger partial charge < -0.3 is 25.1 Å². The quantitative estimate of drug-likeness (QED) is 0.388. The molecule has 0 aliphatic carbocycles. The largest absolute Gasteiger partial charge is 0.467 e. The van der Waals surface area contributed by atoms with E-state index in [0.29, 0.717) is 11.7 Å². The molecule has 0 aliphatic heterocycles. The molecule has 138 valence electrons. The highest BCUT2D eigenvalue weighted by atomic mass is 16.4. The number of hydrogen-bond donors (Lipinski definition) is 4. The molecule has 2 aromatic heterocycles. The first kappa shape index (κ1) is 18.1.